The lowest BCUT2D eigenvalue weighted by atomic mass is 9.98. The normalized spacial score (nSPS) is 22.3. The molecule has 0 saturated heterocycles. The summed E-state index contributed by atoms with van der Waals surface area (Å²) in [6.07, 6.45) is -0.941. The van der Waals surface area contributed by atoms with Crippen LogP contribution in [0.25, 0.3) is 0 Å². The number of hydrogen-bond donors (Lipinski definition) is 6. The molecule has 2 aromatic carbocycles. The predicted octanol–water partition coefficient (Wildman–Crippen LogP) is 2.62. The van der Waals surface area contributed by atoms with Crippen molar-refractivity contribution >= 4 is 29.5 Å². The lowest BCUT2D eigenvalue weighted by Crippen LogP contribution is -2.58. The van der Waals surface area contributed by atoms with Gasteiger partial charge in [-0.15, -0.1) is 0 Å². The molecule has 5 amide bonds. The van der Waals surface area contributed by atoms with Gasteiger partial charge in [-0.25, -0.2) is 0 Å². The molecule has 0 saturated carbocycles. The molecule has 1 aliphatic heterocycles. The number of amides is 5. The Bertz CT molecular complexity index is 1400. The van der Waals surface area contributed by atoms with Crippen LogP contribution in [0.1, 0.15) is 82.8 Å². The van der Waals surface area contributed by atoms with E-state index >= 15 is 0 Å². The summed E-state index contributed by atoms with van der Waals surface area (Å²) in [7, 11) is 0. The van der Waals surface area contributed by atoms with Crippen LogP contribution in [-0.2, 0) is 19.2 Å². The fourth-order valence-electron chi connectivity index (χ4n) is 5.28. The van der Waals surface area contributed by atoms with Crippen LogP contribution in [0.4, 0.5) is 0 Å². The van der Waals surface area contributed by atoms with Crippen molar-refractivity contribution in [3.8, 4) is 5.75 Å². The predicted molar refractivity (Wildman–Crippen MR) is 182 cm³/mol. The lowest BCUT2D eigenvalue weighted by Gasteiger charge is -2.29. The molecule has 262 valence electrons. The zero-order valence-corrected chi connectivity index (χ0v) is 28.7. The fourth-order valence-corrected chi connectivity index (χ4v) is 5.28. The average Bonchev–Trinajstić information content (AvgIpc) is 3.05. The highest BCUT2D eigenvalue weighted by Gasteiger charge is 2.32. The van der Waals surface area contributed by atoms with Gasteiger partial charge in [0.25, 0.3) is 5.91 Å². The standard InChI is InChI=1S/C36H51N5O7/c1-21(2)18-27-35(46)41-32(23(5)6)36(47)40-28(22(3)4)20-48-30-15-11-10-14-25(30)33(44)39-26(16-17-31(43)38-27)34(45)37-19-29(42)24-12-8-7-9-13-24/h7-15,21-23,26-29,32,42H,16-20H2,1-6H3,(H,37,45)(H,38,43)(H,39,44)(H,40,47)(H,41,46)/t26-,27+,28-,29+,32-/m0/s1. The summed E-state index contributed by atoms with van der Waals surface area (Å²) in [6.45, 7) is 11.3. The number of carbonyl (C=O) groups is 5. The van der Waals surface area contributed by atoms with E-state index < -0.39 is 53.9 Å². The maximum atomic E-state index is 13.6. The Morgan fingerprint density at radius 2 is 1.52 bits per heavy atom. The molecule has 0 spiro atoms. The largest absolute Gasteiger partial charge is 0.491 e. The number of para-hydroxylation sites is 1. The van der Waals surface area contributed by atoms with Crippen LogP contribution in [0.2, 0.25) is 0 Å². The second-order valence-electron chi connectivity index (χ2n) is 13.4. The van der Waals surface area contributed by atoms with Crippen LogP contribution in [0.3, 0.4) is 0 Å². The second-order valence-corrected chi connectivity index (χ2v) is 13.4. The molecular weight excluding hydrogens is 614 g/mol. The Labute approximate surface area is 283 Å². The van der Waals surface area contributed by atoms with E-state index in [0.29, 0.717) is 12.0 Å². The van der Waals surface area contributed by atoms with Gasteiger partial charge in [0.1, 0.15) is 30.5 Å². The second kappa shape index (κ2) is 18.2. The Hall–Kier alpha value is -4.45. The number of nitrogens with one attached hydrogen (secondary N) is 5. The number of aliphatic hydroxyl groups excluding tert-OH is 1. The molecule has 12 heteroatoms. The van der Waals surface area contributed by atoms with Crippen molar-refractivity contribution in [2.24, 2.45) is 17.8 Å². The highest BCUT2D eigenvalue weighted by Crippen LogP contribution is 2.20. The number of hydrogen-bond acceptors (Lipinski definition) is 7. The Morgan fingerprint density at radius 1 is 0.854 bits per heavy atom. The van der Waals surface area contributed by atoms with Gasteiger partial charge in [-0.3, -0.25) is 24.0 Å². The van der Waals surface area contributed by atoms with Gasteiger partial charge in [-0.05, 0) is 48.3 Å². The molecule has 12 nitrogen and oxygen atoms in total. The summed E-state index contributed by atoms with van der Waals surface area (Å²) < 4.78 is 6.08. The van der Waals surface area contributed by atoms with E-state index in [9.17, 15) is 29.1 Å². The topological polar surface area (TPSA) is 175 Å². The minimum atomic E-state index is -1.15. The Kier molecular flexibility index (Phi) is 14.4. The molecule has 0 aromatic heterocycles. The number of ether oxygens (including phenoxy) is 1. The van der Waals surface area contributed by atoms with E-state index in [1.807, 2.05) is 47.6 Å². The zero-order chi connectivity index (χ0) is 35.4. The van der Waals surface area contributed by atoms with Crippen molar-refractivity contribution in [2.75, 3.05) is 13.2 Å². The van der Waals surface area contributed by atoms with E-state index in [2.05, 4.69) is 26.6 Å². The Morgan fingerprint density at radius 3 is 2.17 bits per heavy atom. The summed E-state index contributed by atoms with van der Waals surface area (Å²) in [4.78, 5) is 67.3. The van der Waals surface area contributed by atoms with Crippen LogP contribution in [0.5, 0.6) is 5.75 Å². The summed E-state index contributed by atoms with van der Waals surface area (Å²) in [5.41, 5.74) is 0.783. The van der Waals surface area contributed by atoms with Crippen LogP contribution in [0.15, 0.2) is 54.6 Å². The first-order valence-electron chi connectivity index (χ1n) is 16.7. The summed E-state index contributed by atoms with van der Waals surface area (Å²) >= 11 is 0. The van der Waals surface area contributed by atoms with E-state index in [0.717, 1.165) is 0 Å². The van der Waals surface area contributed by atoms with Crippen LogP contribution in [0, 0.1) is 17.8 Å². The van der Waals surface area contributed by atoms with Gasteiger partial charge in [-0.2, -0.15) is 0 Å². The third kappa shape index (κ3) is 11.4. The van der Waals surface area contributed by atoms with Crippen LogP contribution >= 0.6 is 0 Å². The molecule has 2 aromatic rings. The minimum absolute atomic E-state index is 0.0415. The highest BCUT2D eigenvalue weighted by atomic mass is 16.5. The minimum Gasteiger partial charge on any atom is -0.491 e. The number of fused-ring (bicyclic) bond motifs is 1. The van der Waals surface area contributed by atoms with E-state index in [4.69, 9.17) is 4.74 Å². The first-order valence-corrected chi connectivity index (χ1v) is 16.7. The Balaban J connectivity index is 1.94. The molecule has 0 fully saturated rings. The molecule has 5 atom stereocenters. The van der Waals surface area contributed by atoms with Crippen molar-refractivity contribution in [2.45, 2.75) is 91.1 Å². The molecule has 6 N–H and O–H groups in total. The van der Waals surface area contributed by atoms with Gasteiger partial charge >= 0.3 is 0 Å². The van der Waals surface area contributed by atoms with Crippen LogP contribution in [-0.4, -0.2) is 72.0 Å². The van der Waals surface area contributed by atoms with Gasteiger partial charge < -0.3 is 36.4 Å². The van der Waals surface area contributed by atoms with Crippen molar-refractivity contribution in [3.05, 3.63) is 65.7 Å². The number of benzene rings is 2. The zero-order valence-electron chi connectivity index (χ0n) is 28.7. The maximum absolute atomic E-state index is 13.6. The monoisotopic (exact) mass is 665 g/mol. The van der Waals surface area contributed by atoms with Gasteiger partial charge in [0.2, 0.25) is 23.6 Å². The third-order valence-electron chi connectivity index (χ3n) is 8.22. The lowest BCUT2D eigenvalue weighted by molar-refractivity contribution is -0.133. The van der Waals surface area contributed by atoms with Gasteiger partial charge in [0.05, 0.1) is 17.7 Å². The number of carbonyl (C=O) groups excluding carboxylic acids is 5. The van der Waals surface area contributed by atoms with E-state index in [1.54, 1.807) is 48.5 Å². The smallest absolute Gasteiger partial charge is 0.255 e. The maximum Gasteiger partial charge on any atom is 0.255 e. The molecule has 0 bridgehead atoms. The summed E-state index contributed by atoms with van der Waals surface area (Å²) in [5.74, 6) is -2.58. The first kappa shape index (κ1) is 38.0. The molecule has 0 aliphatic carbocycles. The third-order valence-corrected chi connectivity index (χ3v) is 8.22. The van der Waals surface area contributed by atoms with Gasteiger partial charge in [0, 0.05) is 13.0 Å². The van der Waals surface area contributed by atoms with Crippen molar-refractivity contribution in [1.29, 1.82) is 0 Å². The molecule has 0 radical (unpaired) electrons. The van der Waals surface area contributed by atoms with Crippen molar-refractivity contribution in [1.82, 2.24) is 26.6 Å². The molecule has 1 heterocycles. The highest BCUT2D eigenvalue weighted by molar-refractivity contribution is 6.00. The number of aliphatic hydroxyl groups is 1. The number of rotatable bonds is 8. The molecule has 0 unspecified atom stereocenters. The van der Waals surface area contributed by atoms with Crippen LogP contribution < -0.4 is 31.3 Å². The molecule has 1 aliphatic rings. The summed E-state index contributed by atoms with van der Waals surface area (Å²) in [6, 6.07) is 12.0. The fraction of sp³-hybridized carbons (Fsp3) is 0.528. The molecular formula is C36H51N5O7. The van der Waals surface area contributed by atoms with Gasteiger partial charge in [0.15, 0.2) is 0 Å². The molecule has 48 heavy (non-hydrogen) atoms. The van der Waals surface area contributed by atoms with Crippen molar-refractivity contribution in [3.63, 3.8) is 0 Å². The quantitative estimate of drug-likeness (QED) is 0.251. The SMILES string of the molecule is CC(C)C[C@H]1NC(=O)CC[C@@H](C(=O)NC[C@@H](O)c2ccccc2)NC(=O)c2ccccc2OC[C@@H](C(C)C)NC(=O)[C@H](C(C)C)NC1=O. The summed E-state index contributed by atoms with van der Waals surface area (Å²) in [5, 5.41) is 24.6. The van der Waals surface area contributed by atoms with Crippen molar-refractivity contribution < 1.29 is 33.8 Å². The molecule has 3 rings (SSSR count). The van der Waals surface area contributed by atoms with E-state index in [1.165, 1.54) is 0 Å². The first-order chi connectivity index (χ1) is 22.8. The van der Waals surface area contributed by atoms with E-state index in [-0.39, 0.29) is 61.0 Å². The van der Waals surface area contributed by atoms with Gasteiger partial charge in [-0.1, -0.05) is 84.0 Å². The average molecular weight is 666 g/mol.